The van der Waals surface area contributed by atoms with E-state index >= 15 is 0 Å². The lowest BCUT2D eigenvalue weighted by Crippen LogP contribution is -1.85. The number of aromatic amines is 1. The summed E-state index contributed by atoms with van der Waals surface area (Å²) in [6.45, 7) is 0. The Labute approximate surface area is 145 Å². The Kier molecular flexibility index (Phi) is 3.04. The van der Waals surface area contributed by atoms with Gasteiger partial charge >= 0.3 is 0 Å². The van der Waals surface area contributed by atoms with Crippen molar-refractivity contribution in [3.63, 3.8) is 0 Å². The highest BCUT2D eigenvalue weighted by atomic mass is 16.5. The fourth-order valence-corrected chi connectivity index (χ4v) is 3.70. The van der Waals surface area contributed by atoms with Gasteiger partial charge in [0.2, 0.25) is 0 Å². The molecule has 0 amide bonds. The topological polar surface area (TPSA) is 25.0 Å². The van der Waals surface area contributed by atoms with Crippen molar-refractivity contribution in [2.24, 2.45) is 0 Å². The minimum atomic E-state index is 0.873. The quantitative estimate of drug-likeness (QED) is 0.414. The Hall–Kier alpha value is -3.26. The molecule has 5 rings (SSSR count). The maximum atomic E-state index is 5.30. The van der Waals surface area contributed by atoms with Crippen LogP contribution in [0.4, 0.5) is 0 Å². The van der Waals surface area contributed by atoms with Crippen LogP contribution in [0.1, 0.15) is 0 Å². The lowest BCUT2D eigenvalue weighted by atomic mass is 9.96. The Bertz CT molecular complexity index is 1220. The predicted molar refractivity (Wildman–Crippen MR) is 105 cm³/mol. The first kappa shape index (κ1) is 14.1. The van der Waals surface area contributed by atoms with E-state index < -0.39 is 0 Å². The summed E-state index contributed by atoms with van der Waals surface area (Å²) in [7, 11) is 1.70. The van der Waals surface area contributed by atoms with Gasteiger partial charge < -0.3 is 9.72 Å². The van der Waals surface area contributed by atoms with E-state index in [-0.39, 0.29) is 0 Å². The number of fused-ring (bicyclic) bond motifs is 5. The van der Waals surface area contributed by atoms with Crippen LogP contribution in [0.15, 0.2) is 78.9 Å². The van der Waals surface area contributed by atoms with E-state index in [4.69, 9.17) is 4.74 Å². The number of benzene rings is 4. The molecule has 0 bridgehead atoms. The Balaban J connectivity index is 1.94. The van der Waals surface area contributed by atoms with Crippen molar-refractivity contribution >= 4 is 32.6 Å². The molecule has 0 fully saturated rings. The van der Waals surface area contributed by atoms with Gasteiger partial charge in [-0.05, 0) is 40.6 Å². The van der Waals surface area contributed by atoms with Gasteiger partial charge in [-0.15, -0.1) is 0 Å². The average molecular weight is 323 g/mol. The molecular formula is C23H17NO. The molecule has 2 heteroatoms. The molecule has 120 valence electrons. The van der Waals surface area contributed by atoms with Gasteiger partial charge in [-0.25, -0.2) is 0 Å². The zero-order valence-corrected chi connectivity index (χ0v) is 13.9. The molecule has 4 aromatic carbocycles. The first-order valence-corrected chi connectivity index (χ1v) is 8.42. The predicted octanol–water partition coefficient (Wildman–Crippen LogP) is 6.15. The van der Waals surface area contributed by atoms with Crippen LogP contribution < -0.4 is 4.74 Å². The van der Waals surface area contributed by atoms with Crippen LogP contribution in [0.5, 0.6) is 5.75 Å². The maximum Gasteiger partial charge on any atom is 0.118 e. The van der Waals surface area contributed by atoms with Crippen molar-refractivity contribution in [3.05, 3.63) is 78.9 Å². The van der Waals surface area contributed by atoms with Crippen LogP contribution >= 0.6 is 0 Å². The molecule has 0 unspecified atom stereocenters. The highest BCUT2D eigenvalue weighted by molar-refractivity contribution is 6.23. The lowest BCUT2D eigenvalue weighted by molar-refractivity contribution is 0.415. The molecule has 1 heterocycles. The van der Waals surface area contributed by atoms with Gasteiger partial charge in [0.05, 0.1) is 12.6 Å². The number of methoxy groups -OCH3 is 1. The molecule has 2 nitrogen and oxygen atoms in total. The zero-order valence-electron chi connectivity index (χ0n) is 13.9. The van der Waals surface area contributed by atoms with Crippen LogP contribution in [0.3, 0.4) is 0 Å². The van der Waals surface area contributed by atoms with Crippen molar-refractivity contribution in [2.45, 2.75) is 0 Å². The summed E-state index contributed by atoms with van der Waals surface area (Å²) in [4.78, 5) is 3.63. The number of ether oxygens (including phenoxy) is 1. The second-order valence-corrected chi connectivity index (χ2v) is 6.29. The van der Waals surface area contributed by atoms with Crippen LogP contribution in [-0.4, -0.2) is 12.1 Å². The van der Waals surface area contributed by atoms with Gasteiger partial charge in [-0.3, -0.25) is 0 Å². The monoisotopic (exact) mass is 323 g/mol. The Morgan fingerprint density at radius 1 is 0.760 bits per heavy atom. The third-order valence-corrected chi connectivity index (χ3v) is 4.91. The van der Waals surface area contributed by atoms with Crippen molar-refractivity contribution in [1.82, 2.24) is 4.98 Å². The first-order chi connectivity index (χ1) is 12.3. The largest absolute Gasteiger partial charge is 0.497 e. The highest BCUT2D eigenvalue weighted by Gasteiger charge is 2.13. The summed E-state index contributed by atoms with van der Waals surface area (Å²) in [6.07, 6.45) is 0. The third-order valence-electron chi connectivity index (χ3n) is 4.91. The SMILES string of the molecule is COc1ccc(-c2cc3ccccc3c3c2[nH]c2ccccc23)cc1. The molecular weight excluding hydrogens is 306 g/mol. The second kappa shape index (κ2) is 5.38. The molecule has 0 saturated heterocycles. The first-order valence-electron chi connectivity index (χ1n) is 8.42. The molecule has 0 aliphatic rings. The number of nitrogens with one attached hydrogen (secondary N) is 1. The minimum Gasteiger partial charge on any atom is -0.497 e. The molecule has 0 atom stereocenters. The van der Waals surface area contributed by atoms with Gasteiger partial charge in [0.1, 0.15) is 5.75 Å². The molecule has 0 aliphatic heterocycles. The zero-order chi connectivity index (χ0) is 16.8. The third kappa shape index (κ3) is 2.11. The highest BCUT2D eigenvalue weighted by Crippen LogP contribution is 2.38. The molecule has 1 aromatic heterocycles. The normalized spacial score (nSPS) is 11.4. The Morgan fingerprint density at radius 2 is 1.48 bits per heavy atom. The summed E-state index contributed by atoms with van der Waals surface area (Å²) < 4.78 is 5.30. The fourth-order valence-electron chi connectivity index (χ4n) is 3.70. The summed E-state index contributed by atoms with van der Waals surface area (Å²) in [5, 5.41) is 5.10. The van der Waals surface area contributed by atoms with Crippen molar-refractivity contribution in [1.29, 1.82) is 0 Å². The molecule has 0 saturated carbocycles. The van der Waals surface area contributed by atoms with Crippen molar-refractivity contribution in [2.75, 3.05) is 7.11 Å². The summed E-state index contributed by atoms with van der Waals surface area (Å²) in [5.74, 6) is 0.873. The minimum absolute atomic E-state index is 0.873. The number of hydrogen-bond acceptors (Lipinski definition) is 1. The Morgan fingerprint density at radius 3 is 2.28 bits per heavy atom. The van der Waals surface area contributed by atoms with Crippen molar-refractivity contribution < 1.29 is 4.74 Å². The molecule has 1 N–H and O–H groups in total. The molecule has 5 aromatic rings. The van der Waals surface area contributed by atoms with Crippen LogP contribution in [0, 0.1) is 0 Å². The summed E-state index contributed by atoms with van der Waals surface area (Å²) in [6, 6.07) is 27.6. The molecule has 0 radical (unpaired) electrons. The van der Waals surface area contributed by atoms with E-state index in [2.05, 4.69) is 71.7 Å². The van der Waals surface area contributed by atoms with Gasteiger partial charge in [0, 0.05) is 21.9 Å². The van der Waals surface area contributed by atoms with Gasteiger partial charge in [0.15, 0.2) is 0 Å². The van der Waals surface area contributed by atoms with Gasteiger partial charge in [-0.1, -0.05) is 54.6 Å². The van der Waals surface area contributed by atoms with E-state index in [0.717, 1.165) is 5.75 Å². The molecule has 0 aliphatic carbocycles. The maximum absolute atomic E-state index is 5.30. The number of hydrogen-bond donors (Lipinski definition) is 1. The summed E-state index contributed by atoms with van der Waals surface area (Å²) in [5.41, 5.74) is 4.75. The average Bonchev–Trinajstić information content (AvgIpc) is 3.07. The van der Waals surface area contributed by atoms with E-state index in [1.165, 1.54) is 43.7 Å². The number of aromatic nitrogens is 1. The molecule has 0 spiro atoms. The van der Waals surface area contributed by atoms with Crippen LogP contribution in [0.2, 0.25) is 0 Å². The van der Waals surface area contributed by atoms with Gasteiger partial charge in [-0.2, -0.15) is 0 Å². The van der Waals surface area contributed by atoms with Crippen LogP contribution in [-0.2, 0) is 0 Å². The molecule has 25 heavy (non-hydrogen) atoms. The number of rotatable bonds is 2. The fraction of sp³-hybridized carbons (Fsp3) is 0.0435. The second-order valence-electron chi connectivity index (χ2n) is 6.29. The van der Waals surface area contributed by atoms with E-state index in [1.54, 1.807) is 7.11 Å². The number of H-pyrrole nitrogens is 1. The standard InChI is InChI=1S/C23H17NO/c1-25-17-12-10-15(11-13-17)20-14-16-6-2-3-7-18(16)22-19-8-4-5-9-21(19)24-23(20)22/h2-14,24H,1H3. The lowest BCUT2D eigenvalue weighted by Gasteiger charge is -2.09. The van der Waals surface area contributed by atoms with Gasteiger partial charge in [0.25, 0.3) is 0 Å². The van der Waals surface area contributed by atoms with E-state index in [0.29, 0.717) is 0 Å². The van der Waals surface area contributed by atoms with Crippen molar-refractivity contribution in [3.8, 4) is 16.9 Å². The van der Waals surface area contributed by atoms with Crippen LogP contribution in [0.25, 0.3) is 43.7 Å². The smallest absolute Gasteiger partial charge is 0.118 e. The summed E-state index contributed by atoms with van der Waals surface area (Å²) >= 11 is 0. The number of para-hydroxylation sites is 1. The van der Waals surface area contributed by atoms with E-state index in [1.807, 2.05) is 12.1 Å². The van der Waals surface area contributed by atoms with E-state index in [9.17, 15) is 0 Å².